The third-order valence-corrected chi connectivity index (χ3v) is 2.11. The minimum Gasteiger partial charge on any atom is -0.318 e. The van der Waals surface area contributed by atoms with Gasteiger partial charge in [-0.1, -0.05) is 16.8 Å². The number of hydrogen-bond donors (Lipinski definition) is 0. The molecule has 72 valence electrons. The Morgan fingerprint density at radius 3 is 2.86 bits per heavy atom. The molecule has 0 radical (unpaired) electrons. The number of carbonyl (C=O) groups excluding carboxylic acids is 1. The lowest BCUT2D eigenvalue weighted by Crippen LogP contribution is -2.00. The Bertz CT molecular complexity index is 431. The van der Waals surface area contributed by atoms with Gasteiger partial charge in [-0.25, -0.2) is 9.18 Å². The van der Waals surface area contributed by atoms with Gasteiger partial charge in [-0.15, -0.1) is 0 Å². The van der Waals surface area contributed by atoms with Crippen LogP contribution in [0.3, 0.4) is 0 Å². The zero-order valence-corrected chi connectivity index (χ0v) is 7.71. The van der Waals surface area contributed by atoms with Crippen molar-refractivity contribution >= 4 is 23.3 Å². The SMILES string of the molecule is O=C1CC(c2ccc(F)c(Cl)c2)=NO1. The molecule has 1 heterocycles. The number of rotatable bonds is 1. The van der Waals surface area contributed by atoms with E-state index in [0.29, 0.717) is 11.3 Å². The zero-order chi connectivity index (χ0) is 10.1. The highest BCUT2D eigenvalue weighted by molar-refractivity contribution is 6.31. The predicted molar refractivity (Wildman–Crippen MR) is 48.7 cm³/mol. The van der Waals surface area contributed by atoms with Crippen LogP contribution in [0.15, 0.2) is 23.4 Å². The van der Waals surface area contributed by atoms with Crippen molar-refractivity contribution in [3.05, 3.63) is 34.6 Å². The highest BCUT2D eigenvalue weighted by Crippen LogP contribution is 2.19. The minimum absolute atomic E-state index is 0.00421. The third kappa shape index (κ3) is 1.61. The van der Waals surface area contributed by atoms with Crippen molar-refractivity contribution < 1.29 is 14.0 Å². The molecular weight excluding hydrogens is 209 g/mol. The van der Waals surface area contributed by atoms with Crippen molar-refractivity contribution in [3.8, 4) is 0 Å². The number of oxime groups is 1. The van der Waals surface area contributed by atoms with Crippen LogP contribution in [-0.4, -0.2) is 11.7 Å². The van der Waals surface area contributed by atoms with Crippen LogP contribution in [-0.2, 0) is 9.63 Å². The van der Waals surface area contributed by atoms with E-state index in [1.165, 1.54) is 18.2 Å². The summed E-state index contributed by atoms with van der Waals surface area (Å²) < 4.78 is 12.8. The Morgan fingerprint density at radius 1 is 1.50 bits per heavy atom. The molecule has 0 aromatic heterocycles. The largest absolute Gasteiger partial charge is 0.341 e. The number of carbonyl (C=O) groups is 1. The fourth-order valence-corrected chi connectivity index (χ4v) is 1.32. The molecule has 0 saturated carbocycles. The van der Waals surface area contributed by atoms with Crippen molar-refractivity contribution in [2.75, 3.05) is 0 Å². The van der Waals surface area contributed by atoms with Crippen LogP contribution in [0.4, 0.5) is 4.39 Å². The lowest BCUT2D eigenvalue weighted by Gasteiger charge is -1.98. The van der Waals surface area contributed by atoms with Gasteiger partial charge in [0, 0.05) is 5.56 Å². The molecule has 1 aromatic rings. The summed E-state index contributed by atoms with van der Waals surface area (Å²) in [6.07, 6.45) is 0.0992. The second-order valence-corrected chi connectivity index (χ2v) is 3.21. The van der Waals surface area contributed by atoms with Gasteiger partial charge in [0.2, 0.25) is 0 Å². The van der Waals surface area contributed by atoms with Crippen LogP contribution < -0.4 is 0 Å². The van der Waals surface area contributed by atoms with Crippen LogP contribution in [0.5, 0.6) is 0 Å². The molecule has 0 unspecified atom stereocenters. The van der Waals surface area contributed by atoms with E-state index in [-0.39, 0.29) is 11.4 Å². The second kappa shape index (κ2) is 3.38. The molecule has 0 spiro atoms. The smallest absolute Gasteiger partial charge is 0.318 e. The van der Waals surface area contributed by atoms with Gasteiger partial charge in [0.05, 0.1) is 17.2 Å². The zero-order valence-electron chi connectivity index (χ0n) is 6.96. The van der Waals surface area contributed by atoms with Gasteiger partial charge in [0.15, 0.2) is 0 Å². The number of halogens is 2. The van der Waals surface area contributed by atoms with E-state index >= 15 is 0 Å². The van der Waals surface area contributed by atoms with Gasteiger partial charge < -0.3 is 4.84 Å². The molecule has 0 amide bonds. The summed E-state index contributed by atoms with van der Waals surface area (Å²) in [5.41, 5.74) is 1.07. The molecule has 0 fully saturated rings. The van der Waals surface area contributed by atoms with Gasteiger partial charge in [-0.05, 0) is 18.2 Å². The summed E-state index contributed by atoms with van der Waals surface area (Å²) in [7, 11) is 0. The molecule has 0 atom stereocenters. The summed E-state index contributed by atoms with van der Waals surface area (Å²) >= 11 is 5.57. The predicted octanol–water partition coefficient (Wildman–Crippen LogP) is 2.13. The van der Waals surface area contributed by atoms with Gasteiger partial charge in [0.25, 0.3) is 0 Å². The first-order chi connectivity index (χ1) is 6.66. The molecule has 1 aliphatic heterocycles. The van der Waals surface area contributed by atoms with Gasteiger partial charge in [0.1, 0.15) is 5.82 Å². The monoisotopic (exact) mass is 213 g/mol. The number of nitrogens with zero attached hydrogens (tertiary/aromatic N) is 1. The van der Waals surface area contributed by atoms with Crippen LogP contribution in [0.2, 0.25) is 5.02 Å². The van der Waals surface area contributed by atoms with E-state index in [4.69, 9.17) is 11.6 Å². The Morgan fingerprint density at radius 2 is 2.29 bits per heavy atom. The maximum absolute atomic E-state index is 12.8. The number of benzene rings is 1. The standard InChI is InChI=1S/C9H5ClFNO2/c10-6-3-5(1-2-7(6)11)8-4-9(13)14-12-8/h1-3H,4H2. The van der Waals surface area contributed by atoms with E-state index in [2.05, 4.69) is 9.99 Å². The first kappa shape index (κ1) is 9.15. The first-order valence-electron chi connectivity index (χ1n) is 3.89. The molecular formula is C9H5ClFNO2. The molecule has 1 aromatic carbocycles. The molecule has 0 saturated heterocycles. The van der Waals surface area contributed by atoms with Crippen molar-refractivity contribution in [2.24, 2.45) is 5.16 Å². The molecule has 3 nitrogen and oxygen atoms in total. The number of hydrogen-bond acceptors (Lipinski definition) is 3. The van der Waals surface area contributed by atoms with E-state index in [1.54, 1.807) is 0 Å². The van der Waals surface area contributed by atoms with Gasteiger partial charge >= 0.3 is 5.97 Å². The topological polar surface area (TPSA) is 38.7 Å². The maximum Gasteiger partial charge on any atom is 0.341 e. The molecule has 5 heteroatoms. The molecule has 0 aliphatic carbocycles. The van der Waals surface area contributed by atoms with E-state index in [0.717, 1.165) is 0 Å². The van der Waals surface area contributed by atoms with Crippen molar-refractivity contribution in [2.45, 2.75) is 6.42 Å². The summed E-state index contributed by atoms with van der Waals surface area (Å²) in [6, 6.07) is 4.14. The Kier molecular flexibility index (Phi) is 2.21. The minimum atomic E-state index is -0.499. The Balaban J connectivity index is 2.34. The molecule has 1 aliphatic rings. The van der Waals surface area contributed by atoms with E-state index in [9.17, 15) is 9.18 Å². The normalized spacial score (nSPS) is 15.3. The maximum atomic E-state index is 12.8. The van der Waals surface area contributed by atoms with Crippen molar-refractivity contribution in [1.82, 2.24) is 0 Å². The lowest BCUT2D eigenvalue weighted by atomic mass is 10.1. The van der Waals surface area contributed by atoms with Crippen LogP contribution in [0.25, 0.3) is 0 Å². The van der Waals surface area contributed by atoms with Crippen molar-refractivity contribution in [3.63, 3.8) is 0 Å². The first-order valence-corrected chi connectivity index (χ1v) is 4.27. The van der Waals surface area contributed by atoms with Gasteiger partial charge in [-0.2, -0.15) is 0 Å². The Labute approximate surface area is 84.1 Å². The Hall–Kier alpha value is -1.42. The highest BCUT2D eigenvalue weighted by Gasteiger charge is 2.19. The highest BCUT2D eigenvalue weighted by atomic mass is 35.5. The average molecular weight is 214 g/mol. The second-order valence-electron chi connectivity index (χ2n) is 2.81. The summed E-state index contributed by atoms with van der Waals surface area (Å²) in [5, 5.41) is 3.55. The van der Waals surface area contributed by atoms with Gasteiger partial charge in [-0.3, -0.25) is 0 Å². The fraction of sp³-hybridized carbons (Fsp3) is 0.111. The van der Waals surface area contributed by atoms with Crippen LogP contribution in [0, 0.1) is 5.82 Å². The molecule has 2 rings (SSSR count). The molecule has 14 heavy (non-hydrogen) atoms. The van der Waals surface area contributed by atoms with Crippen molar-refractivity contribution in [1.29, 1.82) is 0 Å². The summed E-state index contributed by atoms with van der Waals surface area (Å²) in [5.74, 6) is -0.915. The average Bonchev–Trinajstić information content (AvgIpc) is 2.57. The van der Waals surface area contributed by atoms with Crippen LogP contribution in [0.1, 0.15) is 12.0 Å². The fourth-order valence-electron chi connectivity index (χ4n) is 1.14. The van der Waals surface area contributed by atoms with E-state index in [1.807, 2.05) is 0 Å². The molecule has 0 bridgehead atoms. The lowest BCUT2D eigenvalue weighted by molar-refractivity contribution is -0.140. The quantitative estimate of drug-likeness (QED) is 0.671. The summed E-state index contributed by atoms with van der Waals surface area (Å²) in [6.45, 7) is 0. The van der Waals surface area contributed by atoms with Crippen LogP contribution >= 0.6 is 11.6 Å². The van der Waals surface area contributed by atoms with E-state index < -0.39 is 11.8 Å². The summed E-state index contributed by atoms with van der Waals surface area (Å²) in [4.78, 5) is 15.1. The third-order valence-electron chi connectivity index (χ3n) is 1.82. The molecule has 0 N–H and O–H groups in total.